The van der Waals surface area contributed by atoms with Crippen LogP contribution < -0.4 is 0 Å². The molecule has 0 amide bonds. The van der Waals surface area contributed by atoms with E-state index in [1.807, 2.05) is 0 Å². The van der Waals surface area contributed by atoms with Crippen molar-refractivity contribution in [2.24, 2.45) is 0 Å². The van der Waals surface area contributed by atoms with Gasteiger partial charge in [0.25, 0.3) is 0 Å². The molecule has 0 heterocycles. The molecule has 0 saturated carbocycles. The van der Waals surface area contributed by atoms with Gasteiger partial charge >= 0.3 is 5.97 Å². The van der Waals surface area contributed by atoms with Crippen molar-refractivity contribution in [1.29, 1.82) is 0 Å². The zero-order valence-corrected chi connectivity index (χ0v) is 37.7. The number of carbonyl (C=O) groups excluding carboxylic acids is 1. The molecule has 1 N–H and O–H groups in total. The first-order valence-electron chi connectivity index (χ1n) is 24.7. The maximum atomic E-state index is 12.3. The Morgan fingerprint density at radius 3 is 1.21 bits per heavy atom. The molecule has 4 heteroatoms. The Hall–Kier alpha value is -1.65. The molecule has 0 radical (unpaired) electrons. The average Bonchev–Trinajstić information content (AvgIpc) is 3.20. The van der Waals surface area contributed by atoms with Crippen LogP contribution in [0.4, 0.5) is 0 Å². The number of aliphatic hydroxyl groups is 1. The van der Waals surface area contributed by atoms with Gasteiger partial charge in [0.2, 0.25) is 0 Å². The van der Waals surface area contributed by atoms with E-state index >= 15 is 0 Å². The number of hydrogen-bond acceptors (Lipinski definition) is 4. The van der Waals surface area contributed by atoms with E-state index < -0.39 is 6.10 Å². The van der Waals surface area contributed by atoms with Crippen molar-refractivity contribution < 1.29 is 19.4 Å². The lowest BCUT2D eigenvalue weighted by Crippen LogP contribution is -2.27. The van der Waals surface area contributed by atoms with Gasteiger partial charge in [-0.2, -0.15) is 0 Å². The van der Waals surface area contributed by atoms with E-state index in [0.29, 0.717) is 19.6 Å². The Kier molecular flexibility index (Phi) is 48.0. The minimum atomic E-state index is -0.534. The van der Waals surface area contributed by atoms with Crippen molar-refractivity contribution in [1.82, 2.24) is 0 Å². The van der Waals surface area contributed by atoms with Gasteiger partial charge in [-0.05, 0) is 51.4 Å². The van der Waals surface area contributed by atoms with Crippen LogP contribution in [-0.2, 0) is 14.3 Å². The molecule has 0 aromatic heterocycles. The number of aliphatic hydroxyl groups excluding tert-OH is 1. The lowest BCUT2D eigenvalue weighted by Gasteiger charge is -2.16. The second-order valence-electron chi connectivity index (χ2n) is 16.5. The summed E-state index contributed by atoms with van der Waals surface area (Å²) in [5.74, 6) is -0.199. The Morgan fingerprint density at radius 2 is 0.804 bits per heavy atom. The molecule has 0 bridgehead atoms. The number of allylic oxidation sites excluding steroid dienone is 8. The summed E-state index contributed by atoms with van der Waals surface area (Å²) in [6, 6.07) is 0. The molecule has 328 valence electrons. The van der Waals surface area contributed by atoms with Crippen LogP contribution in [0.2, 0.25) is 0 Å². The Bertz CT molecular complexity index is 874. The summed E-state index contributed by atoms with van der Waals surface area (Å²) in [6.07, 6.45) is 64.8. The van der Waals surface area contributed by atoms with Crippen molar-refractivity contribution in [3.63, 3.8) is 0 Å². The third-order valence-electron chi connectivity index (χ3n) is 10.9. The molecule has 0 aliphatic heterocycles. The van der Waals surface area contributed by atoms with Crippen LogP contribution in [0, 0.1) is 0 Å². The van der Waals surface area contributed by atoms with Crippen molar-refractivity contribution in [2.45, 2.75) is 258 Å². The SMILES string of the molecule is CC/C=C\C/C=C\C/C=C\C/C=C\CCCCCCCCCCCCCCC(=O)OC(CO)COCCCCCCCCCCCCCCCCCCCCC. The molecule has 56 heavy (non-hydrogen) atoms. The molecule has 1 atom stereocenters. The molecule has 0 fully saturated rings. The zero-order chi connectivity index (χ0) is 40.5. The molecule has 0 aromatic carbocycles. The topological polar surface area (TPSA) is 55.8 Å². The van der Waals surface area contributed by atoms with Gasteiger partial charge in [-0.3, -0.25) is 4.79 Å². The van der Waals surface area contributed by atoms with E-state index in [2.05, 4.69) is 62.5 Å². The second kappa shape index (κ2) is 49.5. The zero-order valence-electron chi connectivity index (χ0n) is 37.7. The summed E-state index contributed by atoms with van der Waals surface area (Å²) in [5, 5.41) is 9.64. The molecule has 1 unspecified atom stereocenters. The van der Waals surface area contributed by atoms with E-state index in [0.717, 1.165) is 44.9 Å². The van der Waals surface area contributed by atoms with Crippen molar-refractivity contribution in [3.05, 3.63) is 48.6 Å². The standard InChI is InChI=1S/C52H96O4/c1-3-5-7-9-11-13-15-17-19-21-23-24-25-26-27-28-29-31-33-35-37-39-41-43-45-47-52(54)56-51(49-53)50-55-48-46-44-42-40-38-36-34-32-30-22-20-18-16-14-12-10-8-6-4-2/h5,7,11,13,17,19,23-24,51,53H,3-4,6,8-10,12,14-16,18,20-22,25-50H2,1-2H3/b7-5-,13-11-,19-17-,24-23-. The van der Waals surface area contributed by atoms with Gasteiger partial charge < -0.3 is 14.6 Å². The monoisotopic (exact) mass is 785 g/mol. The summed E-state index contributed by atoms with van der Waals surface area (Å²) >= 11 is 0. The number of unbranched alkanes of at least 4 members (excludes halogenated alkanes) is 30. The second-order valence-corrected chi connectivity index (χ2v) is 16.5. The lowest BCUT2D eigenvalue weighted by molar-refractivity contribution is -0.154. The molecular formula is C52H96O4. The van der Waals surface area contributed by atoms with Gasteiger partial charge in [0, 0.05) is 13.0 Å². The Balaban J connectivity index is 3.39. The highest BCUT2D eigenvalue weighted by Crippen LogP contribution is 2.16. The summed E-state index contributed by atoms with van der Waals surface area (Å²) in [5.41, 5.74) is 0. The Morgan fingerprint density at radius 1 is 0.446 bits per heavy atom. The van der Waals surface area contributed by atoms with Gasteiger partial charge in [0.1, 0.15) is 6.10 Å². The lowest BCUT2D eigenvalue weighted by atomic mass is 10.0. The van der Waals surface area contributed by atoms with E-state index in [9.17, 15) is 9.90 Å². The minimum Gasteiger partial charge on any atom is -0.457 e. The number of rotatable bonds is 46. The normalized spacial score (nSPS) is 12.7. The van der Waals surface area contributed by atoms with E-state index in [4.69, 9.17) is 9.47 Å². The van der Waals surface area contributed by atoms with E-state index in [1.165, 1.54) is 186 Å². The fourth-order valence-corrected chi connectivity index (χ4v) is 7.26. The minimum absolute atomic E-state index is 0.170. The van der Waals surface area contributed by atoms with Crippen molar-refractivity contribution in [2.75, 3.05) is 19.8 Å². The summed E-state index contributed by atoms with van der Waals surface area (Å²) in [7, 11) is 0. The quantitative estimate of drug-likeness (QED) is 0.0379. The van der Waals surface area contributed by atoms with Gasteiger partial charge in [-0.25, -0.2) is 0 Å². The molecule has 0 rings (SSSR count). The van der Waals surface area contributed by atoms with E-state index in [1.54, 1.807) is 0 Å². The molecule has 0 aliphatic carbocycles. The van der Waals surface area contributed by atoms with E-state index in [-0.39, 0.29) is 12.6 Å². The first-order chi connectivity index (χ1) is 27.7. The molecular weight excluding hydrogens is 689 g/mol. The Labute approximate surface area is 350 Å². The highest BCUT2D eigenvalue weighted by atomic mass is 16.6. The summed E-state index contributed by atoms with van der Waals surface area (Å²) < 4.78 is 11.2. The smallest absolute Gasteiger partial charge is 0.306 e. The number of ether oxygens (including phenoxy) is 2. The maximum absolute atomic E-state index is 12.3. The van der Waals surface area contributed by atoms with Crippen LogP contribution in [-0.4, -0.2) is 37.0 Å². The van der Waals surface area contributed by atoms with Crippen LogP contribution in [0.15, 0.2) is 48.6 Å². The molecule has 0 aliphatic rings. The number of hydrogen-bond donors (Lipinski definition) is 1. The summed E-state index contributed by atoms with van der Waals surface area (Å²) in [4.78, 5) is 12.3. The highest BCUT2D eigenvalue weighted by molar-refractivity contribution is 5.69. The first-order valence-corrected chi connectivity index (χ1v) is 24.7. The van der Waals surface area contributed by atoms with Gasteiger partial charge in [-0.1, -0.05) is 242 Å². The fourth-order valence-electron chi connectivity index (χ4n) is 7.26. The molecule has 0 saturated heterocycles. The number of carbonyl (C=O) groups is 1. The van der Waals surface area contributed by atoms with Crippen molar-refractivity contribution in [3.8, 4) is 0 Å². The van der Waals surface area contributed by atoms with Crippen LogP contribution >= 0.6 is 0 Å². The third-order valence-corrected chi connectivity index (χ3v) is 10.9. The predicted octanol–water partition coefficient (Wildman–Crippen LogP) is 16.6. The first kappa shape index (κ1) is 54.3. The summed E-state index contributed by atoms with van der Waals surface area (Å²) in [6.45, 7) is 5.27. The predicted molar refractivity (Wildman–Crippen MR) is 247 cm³/mol. The third kappa shape index (κ3) is 46.7. The van der Waals surface area contributed by atoms with Crippen LogP contribution in [0.5, 0.6) is 0 Å². The average molecular weight is 785 g/mol. The molecule has 4 nitrogen and oxygen atoms in total. The van der Waals surface area contributed by atoms with Crippen LogP contribution in [0.1, 0.15) is 251 Å². The van der Waals surface area contributed by atoms with Crippen LogP contribution in [0.25, 0.3) is 0 Å². The van der Waals surface area contributed by atoms with Gasteiger partial charge in [0.15, 0.2) is 0 Å². The van der Waals surface area contributed by atoms with Crippen LogP contribution in [0.3, 0.4) is 0 Å². The maximum Gasteiger partial charge on any atom is 0.306 e. The largest absolute Gasteiger partial charge is 0.457 e. The van der Waals surface area contributed by atoms with Crippen molar-refractivity contribution >= 4 is 5.97 Å². The molecule has 0 spiro atoms. The fraction of sp³-hybridized carbons (Fsp3) is 0.827. The highest BCUT2D eigenvalue weighted by Gasteiger charge is 2.13. The van der Waals surface area contributed by atoms with Gasteiger partial charge in [-0.15, -0.1) is 0 Å². The number of esters is 1. The molecule has 0 aromatic rings. The van der Waals surface area contributed by atoms with Gasteiger partial charge in [0.05, 0.1) is 13.2 Å².